The highest BCUT2D eigenvalue weighted by Crippen LogP contribution is 2.26. The summed E-state index contributed by atoms with van der Waals surface area (Å²) in [4.78, 5) is 17.6. The van der Waals surface area contributed by atoms with E-state index in [4.69, 9.17) is 11.6 Å². The van der Waals surface area contributed by atoms with Crippen LogP contribution < -0.4 is 10.6 Å². The van der Waals surface area contributed by atoms with Crippen LogP contribution in [0.3, 0.4) is 0 Å². The van der Waals surface area contributed by atoms with Crippen LogP contribution in [-0.4, -0.2) is 26.5 Å². The van der Waals surface area contributed by atoms with E-state index in [1.54, 1.807) is 12.4 Å². The first-order chi connectivity index (χ1) is 11.5. The summed E-state index contributed by atoms with van der Waals surface area (Å²) in [6.07, 6.45) is 3.26. The van der Waals surface area contributed by atoms with Crippen molar-refractivity contribution in [3.8, 4) is 0 Å². The van der Waals surface area contributed by atoms with E-state index < -0.39 is 0 Å². The fraction of sp³-hybridized carbons (Fsp3) is 0.294. The largest absolute Gasteiger partial charge is 0.354 e. The molecule has 0 amide bonds. The summed E-state index contributed by atoms with van der Waals surface area (Å²) in [5.41, 5.74) is 3.12. The van der Waals surface area contributed by atoms with E-state index in [2.05, 4.69) is 44.4 Å². The Bertz CT molecular complexity index is 865. The van der Waals surface area contributed by atoms with Gasteiger partial charge in [-0.15, -0.1) is 0 Å². The minimum atomic E-state index is 0.487. The molecule has 3 aromatic rings. The Balaban J connectivity index is 2.01. The molecular formula is C17H19ClN6. The molecular weight excluding hydrogens is 324 g/mol. The van der Waals surface area contributed by atoms with Gasteiger partial charge in [0.1, 0.15) is 0 Å². The summed E-state index contributed by atoms with van der Waals surface area (Å²) in [5.74, 6) is 1.64. The molecule has 124 valence electrons. The first-order valence-electron chi connectivity index (χ1n) is 7.78. The number of aromatic nitrogens is 4. The SMILES string of the molecule is Cc1cc(Cl)ccc1Nc1nc(NCC(C)C)nc2nccnc12. The maximum Gasteiger partial charge on any atom is 0.226 e. The second-order valence-electron chi connectivity index (χ2n) is 5.98. The Kier molecular flexibility index (Phi) is 4.76. The van der Waals surface area contributed by atoms with Crippen LogP contribution in [0.15, 0.2) is 30.6 Å². The molecule has 0 bridgehead atoms. The smallest absolute Gasteiger partial charge is 0.226 e. The second-order valence-corrected chi connectivity index (χ2v) is 6.42. The predicted octanol–water partition coefficient (Wildman–Crippen LogP) is 4.19. The van der Waals surface area contributed by atoms with E-state index in [9.17, 15) is 0 Å². The zero-order chi connectivity index (χ0) is 17.1. The van der Waals surface area contributed by atoms with Crippen molar-refractivity contribution >= 4 is 40.2 Å². The molecule has 0 radical (unpaired) electrons. The minimum absolute atomic E-state index is 0.487. The Morgan fingerprint density at radius 3 is 2.67 bits per heavy atom. The average Bonchev–Trinajstić information content (AvgIpc) is 2.55. The third-order valence-corrected chi connectivity index (χ3v) is 3.68. The molecule has 0 saturated carbocycles. The minimum Gasteiger partial charge on any atom is -0.354 e. The van der Waals surface area contributed by atoms with Gasteiger partial charge in [-0.05, 0) is 36.6 Å². The van der Waals surface area contributed by atoms with E-state index in [0.717, 1.165) is 17.8 Å². The van der Waals surface area contributed by atoms with Crippen LogP contribution in [0.2, 0.25) is 5.02 Å². The van der Waals surface area contributed by atoms with E-state index in [0.29, 0.717) is 33.9 Å². The number of nitrogens with zero attached hydrogens (tertiary/aromatic N) is 4. The van der Waals surface area contributed by atoms with E-state index >= 15 is 0 Å². The molecule has 0 spiro atoms. The summed E-state index contributed by atoms with van der Waals surface area (Å²) in [7, 11) is 0. The summed E-state index contributed by atoms with van der Waals surface area (Å²) in [6.45, 7) is 7.03. The van der Waals surface area contributed by atoms with Crippen molar-refractivity contribution in [2.75, 3.05) is 17.2 Å². The van der Waals surface area contributed by atoms with Crippen molar-refractivity contribution in [2.24, 2.45) is 5.92 Å². The van der Waals surface area contributed by atoms with E-state index in [-0.39, 0.29) is 0 Å². The number of benzene rings is 1. The Morgan fingerprint density at radius 1 is 1.12 bits per heavy atom. The normalized spacial score (nSPS) is 11.0. The van der Waals surface area contributed by atoms with Gasteiger partial charge in [-0.3, -0.25) is 0 Å². The van der Waals surface area contributed by atoms with Gasteiger partial charge < -0.3 is 10.6 Å². The molecule has 0 aliphatic rings. The third kappa shape index (κ3) is 3.71. The molecule has 24 heavy (non-hydrogen) atoms. The summed E-state index contributed by atoms with van der Waals surface area (Å²) in [5, 5.41) is 7.25. The number of aryl methyl sites for hydroxylation is 1. The van der Waals surface area contributed by atoms with E-state index in [1.165, 1.54) is 0 Å². The Morgan fingerprint density at radius 2 is 1.92 bits per heavy atom. The average molecular weight is 343 g/mol. The molecule has 6 nitrogen and oxygen atoms in total. The van der Waals surface area contributed by atoms with Gasteiger partial charge in [0.05, 0.1) is 0 Å². The van der Waals surface area contributed by atoms with Gasteiger partial charge in [0, 0.05) is 29.6 Å². The maximum absolute atomic E-state index is 6.03. The molecule has 2 heterocycles. The quantitative estimate of drug-likeness (QED) is 0.724. The third-order valence-electron chi connectivity index (χ3n) is 3.44. The monoisotopic (exact) mass is 342 g/mol. The predicted molar refractivity (Wildman–Crippen MR) is 97.9 cm³/mol. The van der Waals surface area contributed by atoms with Crippen LogP contribution >= 0.6 is 11.6 Å². The molecule has 1 aromatic carbocycles. The van der Waals surface area contributed by atoms with Gasteiger partial charge in [-0.25, -0.2) is 9.97 Å². The lowest BCUT2D eigenvalue weighted by Gasteiger charge is -2.13. The number of anilines is 3. The fourth-order valence-electron chi connectivity index (χ4n) is 2.22. The van der Waals surface area contributed by atoms with E-state index in [1.807, 2.05) is 25.1 Å². The Labute approximate surface area is 145 Å². The lowest BCUT2D eigenvalue weighted by molar-refractivity contribution is 0.685. The summed E-state index contributed by atoms with van der Waals surface area (Å²) < 4.78 is 0. The fourth-order valence-corrected chi connectivity index (χ4v) is 2.45. The Hall–Kier alpha value is -2.47. The van der Waals surface area contributed by atoms with Crippen molar-refractivity contribution in [1.82, 2.24) is 19.9 Å². The van der Waals surface area contributed by atoms with Crippen LogP contribution in [0.1, 0.15) is 19.4 Å². The molecule has 0 aliphatic heterocycles. The number of fused-ring (bicyclic) bond motifs is 1. The molecule has 0 atom stereocenters. The zero-order valence-corrected chi connectivity index (χ0v) is 14.6. The number of rotatable bonds is 5. The second kappa shape index (κ2) is 6.97. The highest BCUT2D eigenvalue weighted by Gasteiger charge is 2.11. The maximum atomic E-state index is 6.03. The highest BCUT2D eigenvalue weighted by atomic mass is 35.5. The van der Waals surface area contributed by atoms with Gasteiger partial charge in [-0.2, -0.15) is 9.97 Å². The van der Waals surface area contributed by atoms with Crippen LogP contribution in [0.25, 0.3) is 11.2 Å². The molecule has 0 fully saturated rings. The number of halogens is 1. The molecule has 3 rings (SSSR count). The number of hydrogen-bond donors (Lipinski definition) is 2. The van der Waals surface area contributed by atoms with Gasteiger partial charge in [-0.1, -0.05) is 25.4 Å². The first-order valence-corrected chi connectivity index (χ1v) is 8.16. The summed E-state index contributed by atoms with van der Waals surface area (Å²) in [6, 6.07) is 5.66. The van der Waals surface area contributed by atoms with Crippen molar-refractivity contribution in [3.63, 3.8) is 0 Å². The highest BCUT2D eigenvalue weighted by molar-refractivity contribution is 6.30. The van der Waals surface area contributed by atoms with Crippen molar-refractivity contribution in [2.45, 2.75) is 20.8 Å². The molecule has 7 heteroatoms. The molecule has 0 aliphatic carbocycles. The molecule has 2 N–H and O–H groups in total. The zero-order valence-electron chi connectivity index (χ0n) is 13.8. The molecule has 0 unspecified atom stereocenters. The van der Waals surface area contributed by atoms with Gasteiger partial charge in [0.25, 0.3) is 0 Å². The van der Waals surface area contributed by atoms with Crippen LogP contribution in [0.4, 0.5) is 17.5 Å². The number of nitrogens with one attached hydrogen (secondary N) is 2. The van der Waals surface area contributed by atoms with Crippen molar-refractivity contribution < 1.29 is 0 Å². The molecule has 0 saturated heterocycles. The lowest BCUT2D eigenvalue weighted by atomic mass is 10.2. The molecule has 2 aromatic heterocycles. The summed E-state index contributed by atoms with van der Waals surface area (Å²) >= 11 is 6.03. The van der Waals surface area contributed by atoms with Crippen LogP contribution in [-0.2, 0) is 0 Å². The number of hydrogen-bond acceptors (Lipinski definition) is 6. The van der Waals surface area contributed by atoms with Gasteiger partial charge >= 0.3 is 0 Å². The lowest BCUT2D eigenvalue weighted by Crippen LogP contribution is -2.12. The van der Waals surface area contributed by atoms with Gasteiger partial charge in [0.15, 0.2) is 17.0 Å². The van der Waals surface area contributed by atoms with Crippen LogP contribution in [0.5, 0.6) is 0 Å². The van der Waals surface area contributed by atoms with Crippen molar-refractivity contribution in [3.05, 3.63) is 41.2 Å². The standard InChI is InChI=1S/C17H19ClN6/c1-10(2)9-21-17-23-15-14(19-6-7-20-15)16(24-17)22-13-5-4-12(18)8-11(13)3/h4-8,10H,9H2,1-3H3,(H2,20,21,22,23,24). The van der Waals surface area contributed by atoms with Crippen molar-refractivity contribution in [1.29, 1.82) is 0 Å². The topological polar surface area (TPSA) is 75.6 Å². The van der Waals surface area contributed by atoms with Crippen LogP contribution in [0, 0.1) is 12.8 Å². The first kappa shape index (κ1) is 16.4. The van der Waals surface area contributed by atoms with Gasteiger partial charge in [0.2, 0.25) is 5.95 Å².